The maximum atomic E-state index is 10.9. The van der Waals surface area contributed by atoms with E-state index in [0.29, 0.717) is 24.7 Å². The normalized spacial score (nSPS) is 13.8. The molecule has 0 saturated carbocycles. The molecule has 1 N–H and O–H groups in total. The van der Waals surface area contributed by atoms with Gasteiger partial charge in [0.15, 0.2) is 11.5 Å². The number of hydrogen-bond donors (Lipinski definition) is 1. The quantitative estimate of drug-likeness (QED) is 0.932. The molecule has 1 heterocycles. The summed E-state index contributed by atoms with van der Waals surface area (Å²) < 4.78 is 12.0. The first-order chi connectivity index (χ1) is 8.50. The summed E-state index contributed by atoms with van der Waals surface area (Å²) in [4.78, 5) is 10.9. The van der Waals surface area contributed by atoms with E-state index in [9.17, 15) is 4.79 Å². The summed E-state index contributed by atoms with van der Waals surface area (Å²) in [5.41, 5.74) is 1.70. The van der Waals surface area contributed by atoms with Crippen LogP contribution in [0.25, 0.3) is 0 Å². The van der Waals surface area contributed by atoms with Crippen molar-refractivity contribution in [2.45, 2.75) is 26.2 Å². The molecule has 0 radical (unpaired) electrons. The Labute approximate surface area is 114 Å². The van der Waals surface area contributed by atoms with E-state index >= 15 is 0 Å². The fourth-order valence-electron chi connectivity index (χ4n) is 2.18. The Bertz CT molecular complexity index is 482. The summed E-state index contributed by atoms with van der Waals surface area (Å²) in [6.45, 7) is 5.05. The Hall–Kier alpha value is -1.23. The number of benzene rings is 1. The smallest absolute Gasteiger partial charge is 0.307 e. The third kappa shape index (κ3) is 2.46. The number of halogens is 1. The summed E-state index contributed by atoms with van der Waals surface area (Å²) in [5, 5.41) is 8.98. The van der Waals surface area contributed by atoms with Crippen LogP contribution in [0, 0.1) is 0 Å². The van der Waals surface area contributed by atoms with Crippen LogP contribution in [0.4, 0.5) is 0 Å². The lowest BCUT2D eigenvalue weighted by atomic mass is 9.93. The van der Waals surface area contributed by atoms with Crippen molar-refractivity contribution in [3.05, 3.63) is 21.7 Å². The zero-order chi connectivity index (χ0) is 13.3. The molecule has 1 aliphatic rings. The Morgan fingerprint density at radius 1 is 1.39 bits per heavy atom. The first-order valence-electron chi connectivity index (χ1n) is 5.83. The molecule has 98 valence electrons. The molecule has 0 bridgehead atoms. The monoisotopic (exact) mass is 314 g/mol. The van der Waals surface area contributed by atoms with Gasteiger partial charge in [0.1, 0.15) is 13.2 Å². The lowest BCUT2D eigenvalue weighted by Crippen LogP contribution is -2.19. The first-order valence-corrected chi connectivity index (χ1v) is 6.62. The summed E-state index contributed by atoms with van der Waals surface area (Å²) in [5.74, 6) is 0.698. The van der Waals surface area contributed by atoms with Crippen LogP contribution in [0.2, 0.25) is 0 Å². The highest BCUT2D eigenvalue weighted by Crippen LogP contribution is 2.45. The third-order valence-electron chi connectivity index (χ3n) is 2.81. The zero-order valence-corrected chi connectivity index (χ0v) is 11.9. The molecule has 1 aromatic carbocycles. The van der Waals surface area contributed by atoms with Gasteiger partial charge in [-0.15, -0.1) is 0 Å². The van der Waals surface area contributed by atoms with Crippen LogP contribution in [0.5, 0.6) is 11.5 Å². The summed E-state index contributed by atoms with van der Waals surface area (Å²) in [6, 6.07) is 1.82. The number of hydrogen-bond acceptors (Lipinski definition) is 3. The van der Waals surface area contributed by atoms with Crippen LogP contribution in [0.3, 0.4) is 0 Å². The number of carboxylic acids is 1. The number of carbonyl (C=O) groups is 1. The van der Waals surface area contributed by atoms with E-state index in [1.807, 2.05) is 19.9 Å². The lowest BCUT2D eigenvalue weighted by Gasteiger charge is -2.25. The van der Waals surface area contributed by atoms with E-state index < -0.39 is 5.97 Å². The minimum absolute atomic E-state index is 0.0112. The van der Waals surface area contributed by atoms with Gasteiger partial charge < -0.3 is 14.6 Å². The average Bonchev–Trinajstić information content (AvgIpc) is 2.27. The van der Waals surface area contributed by atoms with Gasteiger partial charge in [-0.1, -0.05) is 13.8 Å². The molecule has 1 aliphatic heterocycles. The molecule has 0 amide bonds. The van der Waals surface area contributed by atoms with E-state index in [1.54, 1.807) is 0 Å². The maximum absolute atomic E-state index is 10.9. The summed E-state index contributed by atoms with van der Waals surface area (Å²) >= 11 is 3.41. The fourth-order valence-corrected chi connectivity index (χ4v) is 2.75. The highest BCUT2D eigenvalue weighted by molar-refractivity contribution is 9.10. The second kappa shape index (κ2) is 5.18. The highest BCUT2D eigenvalue weighted by atomic mass is 79.9. The molecule has 0 aromatic heterocycles. The molecule has 5 heteroatoms. The van der Waals surface area contributed by atoms with Crippen LogP contribution in [-0.4, -0.2) is 24.3 Å². The van der Waals surface area contributed by atoms with Gasteiger partial charge in [0.25, 0.3) is 0 Å². The van der Waals surface area contributed by atoms with Crippen molar-refractivity contribution >= 4 is 21.9 Å². The maximum Gasteiger partial charge on any atom is 0.307 e. The zero-order valence-electron chi connectivity index (χ0n) is 10.3. The predicted molar refractivity (Wildman–Crippen MR) is 70.6 cm³/mol. The second-order valence-electron chi connectivity index (χ2n) is 4.51. The summed E-state index contributed by atoms with van der Waals surface area (Å²) in [7, 11) is 0. The highest BCUT2D eigenvalue weighted by Gasteiger charge is 2.25. The molecule has 0 spiro atoms. The van der Waals surface area contributed by atoms with Crippen molar-refractivity contribution in [3.63, 3.8) is 0 Å². The van der Waals surface area contributed by atoms with Gasteiger partial charge in [-0.05, 0) is 33.5 Å². The van der Waals surface area contributed by atoms with Crippen molar-refractivity contribution in [2.24, 2.45) is 0 Å². The van der Waals surface area contributed by atoms with Gasteiger partial charge in [-0.2, -0.15) is 0 Å². The van der Waals surface area contributed by atoms with Crippen LogP contribution >= 0.6 is 15.9 Å². The Balaban J connectivity index is 2.59. The van der Waals surface area contributed by atoms with E-state index in [-0.39, 0.29) is 12.3 Å². The Kier molecular flexibility index (Phi) is 3.80. The topological polar surface area (TPSA) is 55.8 Å². The number of aliphatic carboxylic acids is 1. The number of fused-ring (bicyclic) bond motifs is 1. The van der Waals surface area contributed by atoms with Crippen LogP contribution in [0.1, 0.15) is 30.9 Å². The van der Waals surface area contributed by atoms with E-state index in [4.69, 9.17) is 14.6 Å². The van der Waals surface area contributed by atoms with Gasteiger partial charge in [0.2, 0.25) is 0 Å². The van der Waals surface area contributed by atoms with E-state index in [2.05, 4.69) is 15.9 Å². The van der Waals surface area contributed by atoms with Crippen molar-refractivity contribution in [3.8, 4) is 11.5 Å². The largest absolute Gasteiger partial charge is 0.486 e. The predicted octanol–water partition coefficient (Wildman–Crippen LogP) is 2.97. The lowest BCUT2D eigenvalue weighted by molar-refractivity contribution is -0.136. The van der Waals surface area contributed by atoms with E-state index in [1.165, 1.54) is 0 Å². The van der Waals surface area contributed by atoms with Crippen molar-refractivity contribution in [1.29, 1.82) is 0 Å². The van der Waals surface area contributed by atoms with Crippen molar-refractivity contribution < 1.29 is 19.4 Å². The molecular formula is C13H15BrO4. The van der Waals surface area contributed by atoms with Gasteiger partial charge in [-0.3, -0.25) is 4.79 Å². The van der Waals surface area contributed by atoms with Gasteiger partial charge in [0.05, 0.1) is 10.9 Å². The number of rotatable bonds is 3. The van der Waals surface area contributed by atoms with Crippen molar-refractivity contribution in [1.82, 2.24) is 0 Å². The molecule has 18 heavy (non-hydrogen) atoms. The van der Waals surface area contributed by atoms with Crippen LogP contribution in [0.15, 0.2) is 10.5 Å². The van der Waals surface area contributed by atoms with Gasteiger partial charge in [-0.25, -0.2) is 0 Å². The molecule has 0 atom stereocenters. The van der Waals surface area contributed by atoms with Crippen LogP contribution < -0.4 is 9.47 Å². The van der Waals surface area contributed by atoms with Crippen LogP contribution in [-0.2, 0) is 11.2 Å². The standard InChI is InChI=1S/C13H15BrO4/c1-7(2)11-8(6-10(15)16)5-9(14)12-13(11)18-4-3-17-12/h5,7H,3-4,6H2,1-2H3,(H,15,16). The molecule has 0 saturated heterocycles. The minimum atomic E-state index is -0.847. The molecule has 4 nitrogen and oxygen atoms in total. The Morgan fingerprint density at radius 3 is 2.56 bits per heavy atom. The molecular weight excluding hydrogens is 300 g/mol. The van der Waals surface area contributed by atoms with Gasteiger partial charge in [0, 0.05) is 5.56 Å². The molecule has 1 aromatic rings. The second-order valence-corrected chi connectivity index (χ2v) is 5.37. The third-order valence-corrected chi connectivity index (χ3v) is 3.40. The molecule has 0 aliphatic carbocycles. The fraction of sp³-hybridized carbons (Fsp3) is 0.462. The van der Waals surface area contributed by atoms with E-state index in [0.717, 1.165) is 15.6 Å². The minimum Gasteiger partial charge on any atom is -0.486 e. The summed E-state index contributed by atoms with van der Waals surface area (Å²) in [6.07, 6.45) is -0.0112. The van der Waals surface area contributed by atoms with Crippen molar-refractivity contribution in [2.75, 3.05) is 13.2 Å². The number of carboxylic acid groups (broad SMARTS) is 1. The average molecular weight is 315 g/mol. The molecule has 0 fully saturated rings. The molecule has 2 rings (SSSR count). The number of ether oxygens (including phenoxy) is 2. The molecule has 0 unspecified atom stereocenters. The van der Waals surface area contributed by atoms with Gasteiger partial charge >= 0.3 is 5.97 Å². The SMILES string of the molecule is CC(C)c1c(CC(=O)O)cc(Br)c2c1OCCO2. The first kappa shape index (κ1) is 13.2. The Morgan fingerprint density at radius 2 is 2.00 bits per heavy atom.